The molecule has 0 saturated carbocycles. The summed E-state index contributed by atoms with van der Waals surface area (Å²) in [5, 5.41) is 4.48. The quantitative estimate of drug-likeness (QED) is 0.271. The summed E-state index contributed by atoms with van der Waals surface area (Å²) < 4.78 is 79.9. The van der Waals surface area contributed by atoms with E-state index in [0.717, 1.165) is 6.08 Å². The number of nitrogens with one attached hydrogen (secondary N) is 2. The number of amides is 2. The van der Waals surface area contributed by atoms with E-state index in [9.17, 15) is 35.9 Å². The van der Waals surface area contributed by atoms with Crippen LogP contribution in [-0.2, 0) is 4.79 Å². The number of alkyl halides is 6. The predicted octanol–water partition coefficient (Wildman–Crippen LogP) is 7.65. The smallest absolute Gasteiger partial charge is 0.354 e. The zero-order valence-electron chi connectivity index (χ0n) is 19.5. The molecule has 0 spiro atoms. The van der Waals surface area contributed by atoms with E-state index in [1.807, 2.05) is 0 Å². The van der Waals surface area contributed by atoms with Gasteiger partial charge in [0, 0.05) is 21.4 Å². The molecule has 0 saturated heterocycles. The fourth-order valence-corrected chi connectivity index (χ4v) is 5.54. The molecule has 0 aromatic heterocycles. The molecule has 0 fully saturated rings. The van der Waals surface area contributed by atoms with Crippen LogP contribution in [0.4, 0.5) is 26.3 Å². The van der Waals surface area contributed by atoms with Crippen LogP contribution in [0.15, 0.2) is 49.9 Å². The minimum Gasteiger partial charge on any atom is -0.354 e. The van der Waals surface area contributed by atoms with Crippen molar-refractivity contribution in [2.45, 2.75) is 38.7 Å². The summed E-state index contributed by atoms with van der Waals surface area (Å²) in [4.78, 5) is 24.5. The summed E-state index contributed by atoms with van der Waals surface area (Å²) in [5.41, 5.74) is 0.498. The number of carbonyl (C=O) groups is 2. The van der Waals surface area contributed by atoms with Crippen molar-refractivity contribution >= 4 is 65.7 Å². The Hall–Kier alpha value is -1.60. The lowest BCUT2D eigenvalue weighted by atomic mass is 9.79. The third-order valence-corrected chi connectivity index (χ3v) is 7.72. The van der Waals surface area contributed by atoms with Crippen LogP contribution in [-0.4, -0.2) is 36.8 Å². The normalized spacial score (nSPS) is 20.2. The summed E-state index contributed by atoms with van der Waals surface area (Å²) in [7, 11) is 0. The molecule has 1 aliphatic carbocycles. The van der Waals surface area contributed by atoms with Crippen molar-refractivity contribution in [2.75, 3.05) is 6.54 Å². The van der Waals surface area contributed by atoms with E-state index < -0.39 is 60.9 Å². The molecule has 1 aromatic rings. The van der Waals surface area contributed by atoms with E-state index >= 15 is 0 Å². The summed E-state index contributed by atoms with van der Waals surface area (Å²) in [6.07, 6.45) is -4.47. The van der Waals surface area contributed by atoms with Crippen LogP contribution in [0.1, 0.15) is 36.2 Å². The Morgan fingerprint density at radius 2 is 1.76 bits per heavy atom. The molecule has 204 valence electrons. The Bertz CT molecular complexity index is 1100. The maximum atomic E-state index is 13.9. The van der Waals surface area contributed by atoms with Gasteiger partial charge >= 0.3 is 12.4 Å². The number of hydrogen-bond acceptors (Lipinski definition) is 2. The Morgan fingerprint density at radius 1 is 1.11 bits per heavy atom. The molecule has 0 radical (unpaired) electrons. The lowest BCUT2D eigenvalue weighted by Crippen LogP contribution is -2.45. The van der Waals surface area contributed by atoms with Gasteiger partial charge < -0.3 is 10.6 Å². The van der Waals surface area contributed by atoms with Crippen LogP contribution >= 0.6 is 47.8 Å². The topological polar surface area (TPSA) is 58.2 Å². The molecular formula is C24H23Br3F6N2O2. The second-order valence-corrected chi connectivity index (χ2v) is 11.1. The van der Waals surface area contributed by atoms with E-state index in [1.54, 1.807) is 13.0 Å². The van der Waals surface area contributed by atoms with Gasteiger partial charge in [-0.2, -0.15) is 26.3 Å². The summed E-state index contributed by atoms with van der Waals surface area (Å²) >= 11 is 9.80. The first-order chi connectivity index (χ1) is 17.0. The van der Waals surface area contributed by atoms with Gasteiger partial charge in [-0.25, -0.2) is 0 Å². The predicted molar refractivity (Wildman–Crippen MR) is 140 cm³/mol. The average molecular weight is 725 g/mol. The summed E-state index contributed by atoms with van der Waals surface area (Å²) in [6, 6.07) is 3.16. The maximum absolute atomic E-state index is 13.9. The Morgan fingerprint density at radius 3 is 2.32 bits per heavy atom. The van der Waals surface area contributed by atoms with Crippen molar-refractivity contribution in [1.29, 1.82) is 0 Å². The van der Waals surface area contributed by atoms with E-state index in [4.69, 9.17) is 0 Å². The number of hydrogen-bond donors (Lipinski definition) is 2. The third kappa shape index (κ3) is 9.58. The van der Waals surface area contributed by atoms with Crippen molar-refractivity contribution in [3.63, 3.8) is 0 Å². The monoisotopic (exact) mass is 722 g/mol. The van der Waals surface area contributed by atoms with Gasteiger partial charge in [-0.3, -0.25) is 9.59 Å². The molecular weight excluding hydrogens is 702 g/mol. The highest BCUT2D eigenvalue weighted by atomic mass is 79.9. The lowest BCUT2D eigenvalue weighted by molar-refractivity contribution is -0.172. The molecule has 2 N–H and O–H groups in total. The van der Waals surface area contributed by atoms with Gasteiger partial charge in [-0.15, -0.1) is 0 Å². The first-order valence-electron chi connectivity index (χ1n) is 10.9. The first-order valence-corrected chi connectivity index (χ1v) is 13.3. The summed E-state index contributed by atoms with van der Waals surface area (Å²) in [6.45, 7) is 2.40. The molecule has 2 amide bonds. The highest BCUT2D eigenvalue weighted by molar-refractivity contribution is 9.12. The van der Waals surface area contributed by atoms with E-state index in [-0.39, 0.29) is 10.0 Å². The van der Waals surface area contributed by atoms with Crippen molar-refractivity contribution in [1.82, 2.24) is 10.6 Å². The highest BCUT2D eigenvalue weighted by Crippen LogP contribution is 2.44. The number of halogens is 9. The molecule has 3 unspecified atom stereocenters. The standard InChI is InChI=1S/C24H23Br3F6N2O2/c1-12-17(10-15(25)11-19(12)26)18(24(31,32)33)6-4-14-3-5-16(20(27)9-14)22(37)35-13(2)21(36)34-8-7-23(28,29)30/h3-6,9-13,17-18H,7-8H2,1-2H3,(H,34,36)(H,35,37)/b6-4+/t12?,13-,17?,18?/m1/s1. The maximum Gasteiger partial charge on any atom is 0.395 e. The zero-order chi connectivity index (χ0) is 28.1. The molecule has 0 aliphatic heterocycles. The number of allylic oxidation sites excluding steroid dienone is 5. The molecule has 4 atom stereocenters. The molecule has 13 heteroatoms. The molecule has 0 bridgehead atoms. The van der Waals surface area contributed by atoms with Gasteiger partial charge in [0.15, 0.2) is 0 Å². The third-order valence-electron chi connectivity index (χ3n) is 5.61. The number of carbonyl (C=O) groups excluding carboxylic acids is 2. The fourth-order valence-electron chi connectivity index (χ4n) is 3.55. The number of rotatable bonds is 8. The SMILES string of the molecule is CC1C(Br)=CC(Br)=CC1C(/C=C/c1ccc(C(=O)N[C@H](C)C(=O)NCCC(F)(F)F)c(Br)c1)C(F)(F)F. The van der Waals surface area contributed by atoms with Crippen molar-refractivity contribution in [2.24, 2.45) is 17.8 Å². The molecule has 37 heavy (non-hydrogen) atoms. The van der Waals surface area contributed by atoms with Crippen molar-refractivity contribution < 1.29 is 35.9 Å². The van der Waals surface area contributed by atoms with Crippen LogP contribution in [0.3, 0.4) is 0 Å². The molecule has 0 heterocycles. The van der Waals surface area contributed by atoms with Crippen LogP contribution in [0.25, 0.3) is 6.08 Å². The van der Waals surface area contributed by atoms with Gasteiger partial charge in [0.05, 0.1) is 17.9 Å². The number of benzene rings is 1. The fraction of sp³-hybridized carbons (Fsp3) is 0.417. The zero-order valence-corrected chi connectivity index (χ0v) is 24.2. The van der Waals surface area contributed by atoms with E-state index in [1.165, 1.54) is 37.3 Å². The first kappa shape index (κ1) is 31.6. The second-order valence-electron chi connectivity index (χ2n) is 8.46. The van der Waals surface area contributed by atoms with Crippen LogP contribution in [0.5, 0.6) is 0 Å². The molecule has 2 rings (SSSR count). The van der Waals surface area contributed by atoms with E-state index in [0.29, 0.717) is 14.5 Å². The molecule has 1 aliphatic rings. The summed E-state index contributed by atoms with van der Waals surface area (Å²) in [5.74, 6) is -4.48. The van der Waals surface area contributed by atoms with Crippen LogP contribution < -0.4 is 10.6 Å². The van der Waals surface area contributed by atoms with Crippen molar-refractivity contribution in [3.05, 3.63) is 61.0 Å². The second kappa shape index (κ2) is 13.0. The van der Waals surface area contributed by atoms with Gasteiger partial charge in [-0.1, -0.05) is 63.1 Å². The Labute approximate surface area is 235 Å². The van der Waals surface area contributed by atoms with Gasteiger partial charge in [0.1, 0.15) is 6.04 Å². The van der Waals surface area contributed by atoms with Crippen LogP contribution in [0.2, 0.25) is 0 Å². The Balaban J connectivity index is 2.12. The van der Waals surface area contributed by atoms with Gasteiger partial charge in [0.25, 0.3) is 5.91 Å². The van der Waals surface area contributed by atoms with E-state index in [2.05, 4.69) is 58.4 Å². The largest absolute Gasteiger partial charge is 0.395 e. The van der Waals surface area contributed by atoms with Crippen molar-refractivity contribution in [3.8, 4) is 0 Å². The minimum atomic E-state index is -4.50. The van der Waals surface area contributed by atoms with Gasteiger partial charge in [-0.05, 0) is 57.0 Å². The Kier molecular flexibility index (Phi) is 11.1. The molecule has 4 nitrogen and oxygen atoms in total. The molecule has 1 aromatic carbocycles. The van der Waals surface area contributed by atoms with Crippen LogP contribution in [0, 0.1) is 17.8 Å². The lowest BCUT2D eigenvalue weighted by Gasteiger charge is -2.31. The van der Waals surface area contributed by atoms with Gasteiger partial charge in [0.2, 0.25) is 5.91 Å². The average Bonchev–Trinajstić information content (AvgIpc) is 2.75. The highest BCUT2D eigenvalue weighted by Gasteiger charge is 2.45. The minimum absolute atomic E-state index is 0.0984.